The van der Waals surface area contributed by atoms with Crippen molar-refractivity contribution in [1.29, 1.82) is 0 Å². The average molecular weight is 522 g/mol. The van der Waals surface area contributed by atoms with Gasteiger partial charge in [-0.25, -0.2) is 4.68 Å². The van der Waals surface area contributed by atoms with Crippen LogP contribution in [0, 0.1) is 11.8 Å². The molecule has 11 nitrogen and oxygen atoms in total. The SMILES string of the molecule is O=C1OCC=C[C@H]2O[C@]34C=CCN(Cn5nnc6ccccc65)C(=O)C3N(CCCCCCO)C(=O)[C@@H]4[C@@H]12. The van der Waals surface area contributed by atoms with Crippen LogP contribution in [0.4, 0.5) is 0 Å². The number of hydrogen-bond acceptors (Lipinski definition) is 8. The minimum Gasteiger partial charge on any atom is -0.461 e. The summed E-state index contributed by atoms with van der Waals surface area (Å²) in [6.07, 6.45) is 9.53. The van der Waals surface area contributed by atoms with Crippen LogP contribution in [0.5, 0.6) is 0 Å². The van der Waals surface area contributed by atoms with Crippen molar-refractivity contribution in [3.05, 3.63) is 48.6 Å². The van der Waals surface area contributed by atoms with Crippen molar-refractivity contribution < 1.29 is 29.0 Å². The van der Waals surface area contributed by atoms with Crippen LogP contribution >= 0.6 is 0 Å². The monoisotopic (exact) mass is 521 g/mol. The summed E-state index contributed by atoms with van der Waals surface area (Å²) >= 11 is 0. The molecule has 0 bridgehead atoms. The zero-order valence-electron chi connectivity index (χ0n) is 21.0. The van der Waals surface area contributed by atoms with E-state index < -0.39 is 35.6 Å². The molecule has 1 N–H and O–H groups in total. The fourth-order valence-electron chi connectivity index (χ4n) is 6.31. The summed E-state index contributed by atoms with van der Waals surface area (Å²) in [6.45, 7) is 1.08. The van der Waals surface area contributed by atoms with Gasteiger partial charge in [-0.1, -0.05) is 48.4 Å². The van der Waals surface area contributed by atoms with Gasteiger partial charge in [0.2, 0.25) is 5.91 Å². The van der Waals surface area contributed by atoms with E-state index in [0.29, 0.717) is 25.9 Å². The Morgan fingerprint density at radius 2 is 1.89 bits per heavy atom. The second-order valence-corrected chi connectivity index (χ2v) is 10.3. The fraction of sp³-hybridized carbons (Fsp3) is 0.519. The smallest absolute Gasteiger partial charge is 0.313 e. The lowest BCUT2D eigenvalue weighted by atomic mass is 9.78. The molecule has 5 atom stereocenters. The number of aromatic nitrogens is 3. The third-order valence-electron chi connectivity index (χ3n) is 8.03. The zero-order chi connectivity index (χ0) is 26.3. The Morgan fingerprint density at radius 1 is 1.05 bits per heavy atom. The molecule has 2 fully saturated rings. The highest BCUT2D eigenvalue weighted by Crippen LogP contribution is 2.53. The van der Waals surface area contributed by atoms with E-state index in [1.165, 1.54) is 0 Å². The molecule has 2 aromatic rings. The molecule has 0 saturated carbocycles. The number of unbranched alkanes of at least 4 members (excludes halogenated alkanes) is 3. The fourth-order valence-corrected chi connectivity index (χ4v) is 6.31. The highest BCUT2D eigenvalue weighted by molar-refractivity contribution is 5.99. The molecule has 4 aliphatic heterocycles. The van der Waals surface area contributed by atoms with Gasteiger partial charge in [0.25, 0.3) is 5.91 Å². The summed E-state index contributed by atoms with van der Waals surface area (Å²) in [4.78, 5) is 44.5. The third-order valence-corrected chi connectivity index (χ3v) is 8.03. The number of nitrogens with zero attached hydrogens (tertiary/aromatic N) is 5. The van der Waals surface area contributed by atoms with E-state index in [1.807, 2.05) is 36.4 Å². The lowest BCUT2D eigenvalue weighted by molar-refractivity contribution is -0.153. The van der Waals surface area contributed by atoms with Gasteiger partial charge in [0, 0.05) is 19.7 Å². The number of aliphatic hydroxyl groups excluding tert-OH is 1. The lowest BCUT2D eigenvalue weighted by Gasteiger charge is -2.35. The number of ether oxygens (including phenoxy) is 2. The second-order valence-electron chi connectivity index (χ2n) is 10.3. The molecule has 2 saturated heterocycles. The number of para-hydroxylation sites is 1. The first-order valence-corrected chi connectivity index (χ1v) is 13.2. The molecule has 38 heavy (non-hydrogen) atoms. The second kappa shape index (κ2) is 9.95. The molecule has 2 amide bonds. The van der Waals surface area contributed by atoms with Crippen LogP contribution in [0.2, 0.25) is 0 Å². The lowest BCUT2D eigenvalue weighted by Crippen LogP contribution is -2.55. The number of amides is 2. The van der Waals surface area contributed by atoms with Gasteiger partial charge < -0.3 is 24.4 Å². The number of benzene rings is 1. The number of hydrogen-bond donors (Lipinski definition) is 1. The summed E-state index contributed by atoms with van der Waals surface area (Å²) in [5.41, 5.74) is 0.262. The van der Waals surface area contributed by atoms with Crippen LogP contribution in [-0.4, -0.2) is 91.7 Å². The number of carbonyl (C=O) groups is 3. The minimum absolute atomic E-state index is 0.123. The normalized spacial score (nSPS) is 30.3. The van der Waals surface area contributed by atoms with Crippen LogP contribution in [0.25, 0.3) is 11.0 Å². The molecular formula is C27H31N5O6. The van der Waals surface area contributed by atoms with Gasteiger partial charge in [0.15, 0.2) is 0 Å². The number of rotatable bonds is 8. The number of fused-ring (bicyclic) bond motifs is 3. The molecule has 1 aromatic heterocycles. The molecule has 1 unspecified atom stereocenters. The van der Waals surface area contributed by atoms with Gasteiger partial charge in [0.05, 0.1) is 17.5 Å². The van der Waals surface area contributed by atoms with Gasteiger partial charge in [-0.3, -0.25) is 14.4 Å². The van der Waals surface area contributed by atoms with Gasteiger partial charge >= 0.3 is 5.97 Å². The van der Waals surface area contributed by atoms with Crippen LogP contribution in [0.1, 0.15) is 25.7 Å². The highest BCUT2D eigenvalue weighted by Gasteiger charge is 2.71. The predicted molar refractivity (Wildman–Crippen MR) is 134 cm³/mol. The molecule has 1 spiro atoms. The molecule has 1 aromatic carbocycles. The first-order valence-electron chi connectivity index (χ1n) is 13.2. The summed E-state index contributed by atoms with van der Waals surface area (Å²) in [7, 11) is 0. The van der Waals surface area contributed by atoms with E-state index in [2.05, 4.69) is 10.3 Å². The summed E-state index contributed by atoms with van der Waals surface area (Å²) in [5.74, 6) is -2.66. The molecule has 6 rings (SSSR count). The van der Waals surface area contributed by atoms with E-state index in [9.17, 15) is 14.4 Å². The van der Waals surface area contributed by atoms with Gasteiger partial charge in [0.1, 0.15) is 36.4 Å². The Morgan fingerprint density at radius 3 is 2.76 bits per heavy atom. The molecular weight excluding hydrogens is 490 g/mol. The van der Waals surface area contributed by atoms with Crippen LogP contribution in [-0.2, 0) is 30.5 Å². The highest BCUT2D eigenvalue weighted by atomic mass is 16.6. The quantitative estimate of drug-likeness (QED) is 0.310. The third kappa shape index (κ3) is 3.92. The number of carbonyl (C=O) groups excluding carboxylic acids is 3. The molecule has 0 radical (unpaired) electrons. The predicted octanol–water partition coefficient (Wildman–Crippen LogP) is 1.03. The van der Waals surface area contributed by atoms with E-state index in [4.69, 9.17) is 14.6 Å². The maximum atomic E-state index is 14.3. The van der Waals surface area contributed by atoms with Crippen molar-refractivity contribution in [2.45, 2.75) is 50.1 Å². The van der Waals surface area contributed by atoms with E-state index in [-0.39, 0.29) is 31.7 Å². The van der Waals surface area contributed by atoms with E-state index in [1.54, 1.807) is 26.6 Å². The minimum atomic E-state index is -1.27. The van der Waals surface area contributed by atoms with Crippen molar-refractivity contribution >= 4 is 28.8 Å². The molecule has 4 aliphatic rings. The van der Waals surface area contributed by atoms with Crippen molar-refractivity contribution in [2.24, 2.45) is 11.8 Å². The topological polar surface area (TPSA) is 127 Å². The maximum Gasteiger partial charge on any atom is 0.313 e. The Hall–Kier alpha value is -3.57. The summed E-state index contributed by atoms with van der Waals surface area (Å²) in [6, 6.07) is 6.61. The van der Waals surface area contributed by atoms with Gasteiger partial charge in [-0.2, -0.15) is 0 Å². The maximum absolute atomic E-state index is 14.3. The van der Waals surface area contributed by atoms with Gasteiger partial charge in [-0.05, 0) is 31.1 Å². The van der Waals surface area contributed by atoms with Crippen molar-refractivity contribution in [1.82, 2.24) is 24.8 Å². The summed E-state index contributed by atoms with van der Waals surface area (Å²) < 4.78 is 13.6. The number of likely N-dealkylation sites (tertiary alicyclic amines) is 1. The Kier molecular flexibility index (Phi) is 6.48. The van der Waals surface area contributed by atoms with E-state index >= 15 is 0 Å². The summed E-state index contributed by atoms with van der Waals surface area (Å²) in [5, 5.41) is 17.5. The Bertz CT molecular complexity index is 1310. The first-order chi connectivity index (χ1) is 18.5. The Labute approximate surface area is 219 Å². The molecule has 0 aliphatic carbocycles. The number of cyclic esters (lactones) is 1. The molecule has 11 heteroatoms. The van der Waals surface area contributed by atoms with E-state index in [0.717, 1.165) is 23.9 Å². The van der Waals surface area contributed by atoms with Crippen molar-refractivity contribution in [3.8, 4) is 0 Å². The van der Waals surface area contributed by atoms with Crippen LogP contribution < -0.4 is 0 Å². The first kappa shape index (κ1) is 24.7. The Balaban J connectivity index is 1.34. The van der Waals surface area contributed by atoms with Gasteiger partial charge in [-0.15, -0.1) is 5.10 Å². The van der Waals surface area contributed by atoms with Crippen LogP contribution in [0.15, 0.2) is 48.6 Å². The number of esters is 1. The molecule has 5 heterocycles. The number of aliphatic hydroxyl groups is 1. The largest absolute Gasteiger partial charge is 0.461 e. The molecule has 200 valence electrons. The standard InChI is InChI=1S/C27H31N5O6/c33-15-6-2-1-5-14-31-23-25(35)30(17-32-19-10-4-3-9-18(19)28-29-32)13-8-12-27(23)22(24(31)34)21-20(38-27)11-7-16-37-26(21)36/h3-4,7-12,20-23,33H,1-2,5-6,13-17H2/t20-,21+,22+,23?,27+/m1/s1. The average Bonchev–Trinajstić information content (AvgIpc) is 3.46. The van der Waals surface area contributed by atoms with Crippen LogP contribution in [0.3, 0.4) is 0 Å². The zero-order valence-corrected chi connectivity index (χ0v) is 21.0. The van der Waals surface area contributed by atoms with Crippen molar-refractivity contribution in [3.63, 3.8) is 0 Å². The van der Waals surface area contributed by atoms with Crippen molar-refractivity contribution in [2.75, 3.05) is 26.3 Å².